The number of carbonyl (C=O) groups is 2. The first kappa shape index (κ1) is 24.5. The number of Topliss-reactive ketones (excluding diaryl/α,β-unsaturated/α-hetero) is 1. The second-order valence-electron chi connectivity index (χ2n) is 9.60. The van der Waals surface area contributed by atoms with E-state index in [0.29, 0.717) is 36.6 Å². The highest BCUT2D eigenvalue weighted by molar-refractivity contribution is 7.17. The summed E-state index contributed by atoms with van der Waals surface area (Å²) in [5, 5.41) is 0. The molecule has 2 aliphatic rings. The summed E-state index contributed by atoms with van der Waals surface area (Å²) in [6.07, 6.45) is 0.0219. The van der Waals surface area contributed by atoms with Crippen LogP contribution in [0.4, 0.5) is 18.9 Å². The van der Waals surface area contributed by atoms with E-state index in [0.717, 1.165) is 51.7 Å². The molecule has 9 heteroatoms. The lowest BCUT2D eigenvalue weighted by Crippen LogP contribution is -2.33. The van der Waals surface area contributed by atoms with Gasteiger partial charge in [-0.15, -0.1) is 11.3 Å². The van der Waals surface area contributed by atoms with Crippen molar-refractivity contribution in [2.24, 2.45) is 5.92 Å². The molecule has 0 spiro atoms. The van der Waals surface area contributed by atoms with Crippen molar-refractivity contribution in [2.45, 2.75) is 31.9 Å². The molecule has 0 radical (unpaired) electrons. The van der Waals surface area contributed by atoms with Gasteiger partial charge in [-0.05, 0) is 67.1 Å². The number of alkyl halides is 3. The molecule has 192 valence electrons. The lowest BCUT2D eigenvalue weighted by atomic mass is 10.1. The molecule has 4 aromatic rings. The second kappa shape index (κ2) is 9.47. The second-order valence-corrected chi connectivity index (χ2v) is 10.6. The molecule has 1 fully saturated rings. The molecular formula is C29H22F3N3O2S. The van der Waals surface area contributed by atoms with E-state index in [4.69, 9.17) is 0 Å². The van der Waals surface area contributed by atoms with Gasteiger partial charge in [0.15, 0.2) is 5.78 Å². The van der Waals surface area contributed by atoms with Crippen molar-refractivity contribution >= 4 is 28.7 Å². The smallest absolute Gasteiger partial charge is 0.306 e. The molecule has 3 aromatic heterocycles. The summed E-state index contributed by atoms with van der Waals surface area (Å²) in [6, 6.07) is 16.7. The van der Waals surface area contributed by atoms with E-state index in [9.17, 15) is 22.8 Å². The molecule has 0 atom stereocenters. The molecule has 0 bridgehead atoms. The molecule has 38 heavy (non-hydrogen) atoms. The van der Waals surface area contributed by atoms with Crippen molar-refractivity contribution in [1.82, 2.24) is 9.97 Å². The average Bonchev–Trinajstić information content (AvgIpc) is 3.66. The summed E-state index contributed by atoms with van der Waals surface area (Å²) in [7, 11) is 0. The number of pyridine rings is 2. The number of hydrogen-bond acceptors (Lipinski definition) is 5. The number of halogens is 3. The number of para-hydroxylation sites is 1. The molecule has 1 aromatic carbocycles. The number of carbonyl (C=O) groups excluding carboxylic acids is 2. The summed E-state index contributed by atoms with van der Waals surface area (Å²) in [5.41, 5.74) is 2.62. The Morgan fingerprint density at radius 3 is 2.58 bits per heavy atom. The quantitative estimate of drug-likeness (QED) is 0.257. The molecule has 5 nitrogen and oxygen atoms in total. The van der Waals surface area contributed by atoms with Crippen molar-refractivity contribution in [2.75, 3.05) is 11.4 Å². The maximum absolute atomic E-state index is 13.7. The summed E-state index contributed by atoms with van der Waals surface area (Å²) in [6.45, 7) is 0.406. The number of anilines is 1. The highest BCUT2D eigenvalue weighted by Gasteiger charge is 2.32. The van der Waals surface area contributed by atoms with Crippen LogP contribution in [-0.2, 0) is 12.6 Å². The minimum absolute atomic E-state index is 0.183. The van der Waals surface area contributed by atoms with Crippen molar-refractivity contribution < 1.29 is 22.8 Å². The largest absolute Gasteiger partial charge is 0.433 e. The summed E-state index contributed by atoms with van der Waals surface area (Å²) in [5.74, 6) is 0.403. The van der Waals surface area contributed by atoms with Crippen molar-refractivity contribution in [1.29, 1.82) is 0 Å². The number of fused-ring (bicyclic) bond motifs is 3. The number of ketones is 1. The maximum atomic E-state index is 13.7. The fraction of sp³-hybridized carbons (Fsp3) is 0.241. The van der Waals surface area contributed by atoms with Gasteiger partial charge in [-0.25, -0.2) is 4.98 Å². The SMILES string of the molecule is O=C(CC1CC1)c1cc2c(s1)-c1ccccc1N(C(=O)c1cccc(-c3ccc(C(F)(F)F)nc3)n1)CC2. The van der Waals surface area contributed by atoms with Gasteiger partial charge in [0.25, 0.3) is 5.91 Å². The van der Waals surface area contributed by atoms with Gasteiger partial charge in [0.1, 0.15) is 11.4 Å². The monoisotopic (exact) mass is 533 g/mol. The third-order valence-electron chi connectivity index (χ3n) is 6.86. The van der Waals surface area contributed by atoms with Crippen LogP contribution in [0, 0.1) is 5.92 Å². The van der Waals surface area contributed by atoms with Crippen LogP contribution in [0.1, 0.15) is 50.7 Å². The first-order valence-electron chi connectivity index (χ1n) is 12.4. The zero-order valence-corrected chi connectivity index (χ0v) is 21.0. The van der Waals surface area contributed by atoms with E-state index < -0.39 is 11.9 Å². The maximum Gasteiger partial charge on any atom is 0.433 e. The normalized spacial score (nSPS) is 15.0. The Hall–Kier alpha value is -3.85. The molecule has 1 saturated carbocycles. The van der Waals surface area contributed by atoms with Gasteiger partial charge in [0, 0.05) is 35.2 Å². The molecule has 1 aliphatic heterocycles. The van der Waals surface area contributed by atoms with Crippen LogP contribution in [0.15, 0.2) is 66.9 Å². The average molecular weight is 534 g/mol. The van der Waals surface area contributed by atoms with Crippen LogP contribution >= 0.6 is 11.3 Å². The van der Waals surface area contributed by atoms with Crippen LogP contribution in [0.2, 0.25) is 0 Å². The van der Waals surface area contributed by atoms with Gasteiger partial charge in [-0.3, -0.25) is 14.6 Å². The Labute approximate surface area is 221 Å². The van der Waals surface area contributed by atoms with E-state index in [1.165, 1.54) is 17.4 Å². The van der Waals surface area contributed by atoms with E-state index in [2.05, 4.69) is 9.97 Å². The molecule has 0 N–H and O–H groups in total. The number of thiophene rings is 1. The molecular weight excluding hydrogens is 511 g/mol. The molecule has 1 aliphatic carbocycles. The van der Waals surface area contributed by atoms with Crippen LogP contribution < -0.4 is 4.90 Å². The summed E-state index contributed by atoms with van der Waals surface area (Å²) >= 11 is 1.49. The number of aromatic nitrogens is 2. The lowest BCUT2D eigenvalue weighted by Gasteiger charge is -2.23. The van der Waals surface area contributed by atoms with Crippen molar-refractivity contribution in [3.8, 4) is 21.7 Å². The Kier molecular flexibility index (Phi) is 6.10. The summed E-state index contributed by atoms with van der Waals surface area (Å²) in [4.78, 5) is 37.9. The van der Waals surface area contributed by atoms with E-state index >= 15 is 0 Å². The standard InChI is InChI=1S/C29H22F3N3O2S/c30-29(31,32)26-11-10-19(16-33-26)21-5-3-6-22(34-21)28(37)35-13-12-18-15-25(24(36)14-17-8-9-17)38-27(18)20-4-1-2-7-23(20)35/h1-7,10-11,15-17H,8-9,12-14H2. The van der Waals surface area contributed by atoms with E-state index in [1.54, 1.807) is 23.1 Å². The third kappa shape index (κ3) is 4.74. The van der Waals surface area contributed by atoms with Crippen LogP contribution in [-0.4, -0.2) is 28.2 Å². The molecule has 4 heterocycles. The predicted molar refractivity (Wildman–Crippen MR) is 139 cm³/mol. The number of hydrogen-bond donors (Lipinski definition) is 0. The predicted octanol–water partition coefficient (Wildman–Crippen LogP) is 7.08. The number of nitrogens with zero attached hydrogens (tertiary/aromatic N) is 3. The van der Waals surface area contributed by atoms with Gasteiger partial charge >= 0.3 is 6.18 Å². The fourth-order valence-corrected chi connectivity index (χ4v) is 5.89. The highest BCUT2D eigenvalue weighted by Crippen LogP contribution is 2.43. The van der Waals surface area contributed by atoms with Gasteiger partial charge in [0.2, 0.25) is 0 Å². The first-order chi connectivity index (χ1) is 18.3. The van der Waals surface area contributed by atoms with E-state index in [-0.39, 0.29) is 17.4 Å². The topological polar surface area (TPSA) is 63.2 Å². The van der Waals surface area contributed by atoms with Crippen LogP contribution in [0.3, 0.4) is 0 Å². The highest BCUT2D eigenvalue weighted by atomic mass is 32.1. The van der Waals surface area contributed by atoms with Crippen LogP contribution in [0.5, 0.6) is 0 Å². The number of benzene rings is 1. The van der Waals surface area contributed by atoms with Crippen LogP contribution in [0.25, 0.3) is 21.7 Å². The summed E-state index contributed by atoms with van der Waals surface area (Å²) < 4.78 is 38.7. The number of rotatable bonds is 5. The van der Waals surface area contributed by atoms with Gasteiger partial charge in [-0.1, -0.05) is 24.3 Å². The molecule has 0 unspecified atom stereocenters. The minimum Gasteiger partial charge on any atom is -0.306 e. The lowest BCUT2D eigenvalue weighted by molar-refractivity contribution is -0.141. The molecule has 1 amide bonds. The molecule has 0 saturated heterocycles. The zero-order valence-electron chi connectivity index (χ0n) is 20.2. The zero-order chi connectivity index (χ0) is 26.4. The Morgan fingerprint density at radius 2 is 1.84 bits per heavy atom. The van der Waals surface area contributed by atoms with Gasteiger partial charge in [-0.2, -0.15) is 13.2 Å². The fourth-order valence-electron chi connectivity index (χ4n) is 4.70. The van der Waals surface area contributed by atoms with Gasteiger partial charge in [0.05, 0.1) is 16.3 Å². The Morgan fingerprint density at radius 1 is 1.03 bits per heavy atom. The Bertz CT molecular complexity index is 1540. The van der Waals surface area contributed by atoms with Crippen molar-refractivity contribution in [3.05, 3.63) is 88.7 Å². The third-order valence-corrected chi connectivity index (χ3v) is 8.11. The minimum atomic E-state index is -4.53. The number of amides is 1. The van der Waals surface area contributed by atoms with Gasteiger partial charge < -0.3 is 4.90 Å². The Balaban J connectivity index is 1.30. The van der Waals surface area contributed by atoms with E-state index in [1.807, 2.05) is 30.3 Å². The molecule has 6 rings (SSSR count). The first-order valence-corrected chi connectivity index (χ1v) is 13.2. The van der Waals surface area contributed by atoms with Crippen molar-refractivity contribution in [3.63, 3.8) is 0 Å².